The van der Waals surface area contributed by atoms with Crippen molar-refractivity contribution >= 4 is 17.7 Å². The zero-order chi connectivity index (χ0) is 21.5. The maximum atomic E-state index is 13.0. The highest BCUT2D eigenvalue weighted by Gasteiger charge is 2.39. The first-order valence-corrected chi connectivity index (χ1v) is 11.4. The van der Waals surface area contributed by atoms with Gasteiger partial charge in [-0.1, -0.05) is 12.1 Å². The second-order valence-corrected chi connectivity index (χ2v) is 9.29. The van der Waals surface area contributed by atoms with Crippen LogP contribution < -0.4 is 11.1 Å². The second kappa shape index (κ2) is 8.33. The molecule has 1 unspecified atom stereocenters. The van der Waals surface area contributed by atoms with Crippen LogP contribution in [0, 0.1) is 5.92 Å². The number of hydrogen-bond donors (Lipinski definition) is 2. The molecule has 0 spiro atoms. The third-order valence-electron chi connectivity index (χ3n) is 7.28. The molecular weight excluding hydrogens is 396 g/mol. The number of nitrogens with one attached hydrogen (secondary N) is 1. The fourth-order valence-electron chi connectivity index (χ4n) is 5.51. The van der Waals surface area contributed by atoms with E-state index < -0.39 is 6.04 Å². The molecule has 3 amide bonds. The van der Waals surface area contributed by atoms with Crippen LogP contribution in [-0.4, -0.2) is 65.4 Å². The molecule has 4 aliphatic rings. The molecule has 3 saturated heterocycles. The summed E-state index contributed by atoms with van der Waals surface area (Å²) in [4.78, 5) is 40.7. The summed E-state index contributed by atoms with van der Waals surface area (Å²) in [6.45, 7) is 4.03. The van der Waals surface area contributed by atoms with Gasteiger partial charge in [0, 0.05) is 37.7 Å². The van der Waals surface area contributed by atoms with Crippen molar-refractivity contribution in [3.05, 3.63) is 34.9 Å². The maximum Gasteiger partial charge on any atom is 0.255 e. The average molecular weight is 427 g/mol. The van der Waals surface area contributed by atoms with Crippen molar-refractivity contribution in [3.63, 3.8) is 0 Å². The lowest BCUT2D eigenvalue weighted by Crippen LogP contribution is -2.52. The topological polar surface area (TPSA) is 105 Å². The lowest BCUT2D eigenvalue weighted by Gasteiger charge is -2.35. The first-order valence-electron chi connectivity index (χ1n) is 11.4. The summed E-state index contributed by atoms with van der Waals surface area (Å²) < 4.78 is 5.86. The fourth-order valence-corrected chi connectivity index (χ4v) is 5.51. The van der Waals surface area contributed by atoms with Gasteiger partial charge in [0.25, 0.3) is 5.91 Å². The SMILES string of the molecule is N[C@@H]1CCO[C@H]1C1CCN(Cc2ccc3c(c2)C(=O)N(C2CCC(=O)NC2=O)C3)CC1. The van der Waals surface area contributed by atoms with E-state index in [-0.39, 0.29) is 36.3 Å². The Morgan fingerprint density at radius 2 is 1.90 bits per heavy atom. The number of rotatable bonds is 4. The van der Waals surface area contributed by atoms with Crippen LogP contribution in [0.4, 0.5) is 0 Å². The summed E-state index contributed by atoms with van der Waals surface area (Å²) in [5.41, 5.74) is 8.94. The van der Waals surface area contributed by atoms with Crippen molar-refractivity contribution in [1.29, 1.82) is 0 Å². The number of fused-ring (bicyclic) bond motifs is 1. The number of imide groups is 1. The van der Waals surface area contributed by atoms with Crippen LogP contribution in [0.2, 0.25) is 0 Å². The van der Waals surface area contributed by atoms with E-state index >= 15 is 0 Å². The van der Waals surface area contributed by atoms with Crippen LogP contribution in [0.1, 0.15) is 53.6 Å². The maximum absolute atomic E-state index is 13.0. The molecule has 1 aromatic rings. The minimum absolute atomic E-state index is 0.113. The third-order valence-corrected chi connectivity index (χ3v) is 7.28. The van der Waals surface area contributed by atoms with Crippen molar-refractivity contribution in [1.82, 2.24) is 15.1 Å². The molecule has 1 aromatic carbocycles. The van der Waals surface area contributed by atoms with E-state index in [9.17, 15) is 14.4 Å². The summed E-state index contributed by atoms with van der Waals surface area (Å²) >= 11 is 0. The molecule has 0 aromatic heterocycles. The number of benzene rings is 1. The molecular formula is C23H30N4O4. The molecule has 0 saturated carbocycles. The first-order chi connectivity index (χ1) is 15.0. The van der Waals surface area contributed by atoms with E-state index in [0.29, 0.717) is 24.4 Å². The van der Waals surface area contributed by atoms with Crippen LogP contribution >= 0.6 is 0 Å². The Balaban J connectivity index is 1.20. The number of ether oxygens (including phenoxy) is 1. The minimum atomic E-state index is -0.566. The molecule has 0 radical (unpaired) electrons. The normalized spacial score (nSPS) is 30.0. The van der Waals surface area contributed by atoms with Gasteiger partial charge in [-0.05, 0) is 61.9 Å². The van der Waals surface area contributed by atoms with Crippen molar-refractivity contribution in [2.75, 3.05) is 19.7 Å². The van der Waals surface area contributed by atoms with Crippen LogP contribution in [-0.2, 0) is 27.4 Å². The van der Waals surface area contributed by atoms with Crippen molar-refractivity contribution in [2.24, 2.45) is 11.7 Å². The van der Waals surface area contributed by atoms with Crippen molar-refractivity contribution in [3.8, 4) is 0 Å². The second-order valence-electron chi connectivity index (χ2n) is 9.29. The van der Waals surface area contributed by atoms with E-state index in [0.717, 1.165) is 56.6 Å². The molecule has 8 heteroatoms. The van der Waals surface area contributed by atoms with Gasteiger partial charge >= 0.3 is 0 Å². The number of nitrogens with zero attached hydrogens (tertiary/aromatic N) is 2. The molecule has 4 heterocycles. The first kappa shape index (κ1) is 20.6. The summed E-state index contributed by atoms with van der Waals surface area (Å²) in [6, 6.07) is 5.68. The summed E-state index contributed by atoms with van der Waals surface area (Å²) in [6.07, 6.45) is 4.01. The van der Waals surface area contributed by atoms with Crippen LogP contribution in [0.25, 0.3) is 0 Å². The van der Waals surface area contributed by atoms with Gasteiger partial charge in [-0.25, -0.2) is 0 Å². The molecule has 3 fully saturated rings. The number of nitrogens with two attached hydrogens (primary N) is 1. The number of carbonyl (C=O) groups excluding carboxylic acids is 3. The highest BCUT2D eigenvalue weighted by Crippen LogP contribution is 2.31. The molecule has 31 heavy (non-hydrogen) atoms. The zero-order valence-electron chi connectivity index (χ0n) is 17.7. The molecule has 3 atom stereocenters. The highest BCUT2D eigenvalue weighted by atomic mass is 16.5. The van der Waals surface area contributed by atoms with Gasteiger partial charge in [-0.15, -0.1) is 0 Å². The number of amides is 3. The molecule has 166 valence electrons. The predicted molar refractivity (Wildman–Crippen MR) is 113 cm³/mol. The molecule has 0 bridgehead atoms. The number of piperidine rings is 2. The van der Waals surface area contributed by atoms with Gasteiger partial charge in [-0.3, -0.25) is 24.6 Å². The standard InChI is InChI=1S/C23H30N4O4/c24-18-7-10-31-21(18)15-5-8-26(9-6-15)12-14-1-2-16-13-27(23(30)17(16)11-14)19-3-4-20(28)25-22(19)29/h1-2,11,15,18-19,21H,3-10,12-13,24H2,(H,25,28,29)/t18-,19?,21+/m1/s1. The largest absolute Gasteiger partial charge is 0.376 e. The van der Waals surface area contributed by atoms with E-state index in [1.165, 1.54) is 0 Å². The highest BCUT2D eigenvalue weighted by molar-refractivity contribution is 6.05. The summed E-state index contributed by atoms with van der Waals surface area (Å²) in [5, 5.41) is 2.35. The minimum Gasteiger partial charge on any atom is -0.376 e. The number of likely N-dealkylation sites (tertiary alicyclic amines) is 1. The molecule has 0 aliphatic carbocycles. The van der Waals surface area contributed by atoms with Gasteiger partial charge in [0.2, 0.25) is 11.8 Å². The van der Waals surface area contributed by atoms with Crippen LogP contribution in [0.3, 0.4) is 0 Å². The molecule has 5 rings (SSSR count). The van der Waals surface area contributed by atoms with E-state index in [4.69, 9.17) is 10.5 Å². The third kappa shape index (κ3) is 4.00. The van der Waals surface area contributed by atoms with Crippen LogP contribution in [0.5, 0.6) is 0 Å². The van der Waals surface area contributed by atoms with Gasteiger partial charge in [0.05, 0.1) is 6.10 Å². The predicted octanol–water partition coefficient (Wildman–Crippen LogP) is 0.776. The molecule has 8 nitrogen and oxygen atoms in total. The Morgan fingerprint density at radius 1 is 1.10 bits per heavy atom. The molecule has 4 aliphatic heterocycles. The summed E-state index contributed by atoms with van der Waals surface area (Å²) in [7, 11) is 0. The lowest BCUT2D eigenvalue weighted by molar-refractivity contribution is -0.136. The molecule has 3 N–H and O–H groups in total. The Labute approximate surface area is 182 Å². The quantitative estimate of drug-likeness (QED) is 0.690. The van der Waals surface area contributed by atoms with Gasteiger partial charge in [0.1, 0.15) is 6.04 Å². The van der Waals surface area contributed by atoms with E-state index in [1.54, 1.807) is 4.90 Å². The van der Waals surface area contributed by atoms with Crippen molar-refractivity contribution in [2.45, 2.75) is 63.4 Å². The Morgan fingerprint density at radius 3 is 2.61 bits per heavy atom. The summed E-state index contributed by atoms with van der Waals surface area (Å²) in [5.74, 6) is -0.209. The smallest absolute Gasteiger partial charge is 0.255 e. The zero-order valence-corrected chi connectivity index (χ0v) is 17.7. The Kier molecular flexibility index (Phi) is 5.54. The van der Waals surface area contributed by atoms with Gasteiger partial charge in [-0.2, -0.15) is 0 Å². The van der Waals surface area contributed by atoms with Gasteiger partial charge < -0.3 is 15.4 Å². The lowest BCUT2D eigenvalue weighted by atomic mass is 9.87. The average Bonchev–Trinajstić information content (AvgIpc) is 3.32. The Bertz CT molecular complexity index is 896. The number of hydrogen-bond acceptors (Lipinski definition) is 6. The monoisotopic (exact) mass is 426 g/mol. The number of carbonyl (C=O) groups is 3. The van der Waals surface area contributed by atoms with E-state index in [2.05, 4.69) is 16.3 Å². The van der Waals surface area contributed by atoms with E-state index in [1.807, 2.05) is 12.1 Å². The van der Waals surface area contributed by atoms with Crippen LogP contribution in [0.15, 0.2) is 18.2 Å². The van der Waals surface area contributed by atoms with Gasteiger partial charge in [0.15, 0.2) is 0 Å². The van der Waals surface area contributed by atoms with Crippen molar-refractivity contribution < 1.29 is 19.1 Å². The Hall–Kier alpha value is -2.29. The fraction of sp³-hybridized carbons (Fsp3) is 0.609.